The first-order valence-electron chi connectivity index (χ1n) is 6.81. The summed E-state index contributed by atoms with van der Waals surface area (Å²) in [6.45, 7) is 1.91. The van der Waals surface area contributed by atoms with Crippen LogP contribution in [0.1, 0.15) is 21.5 Å². The molecule has 0 bridgehead atoms. The lowest BCUT2D eigenvalue weighted by molar-refractivity contribution is -0.139. The third kappa shape index (κ3) is 4.09. The van der Waals surface area contributed by atoms with Gasteiger partial charge >= 0.3 is 5.97 Å². The van der Waals surface area contributed by atoms with Crippen LogP contribution in [0.4, 0.5) is 0 Å². The number of carbonyl (C=O) groups is 2. The molecule has 0 spiro atoms. The number of aliphatic carboxylic acids is 1. The van der Waals surface area contributed by atoms with Crippen molar-refractivity contribution in [3.8, 4) is 0 Å². The van der Waals surface area contributed by atoms with Gasteiger partial charge in [-0.15, -0.1) is 0 Å². The highest BCUT2D eigenvalue weighted by molar-refractivity contribution is 6.30. The van der Waals surface area contributed by atoms with Crippen LogP contribution in [0.3, 0.4) is 0 Å². The molecule has 0 unspecified atom stereocenters. The van der Waals surface area contributed by atoms with Gasteiger partial charge in [0.1, 0.15) is 6.04 Å². The summed E-state index contributed by atoms with van der Waals surface area (Å²) in [4.78, 5) is 23.5. The lowest BCUT2D eigenvalue weighted by Crippen LogP contribution is -2.42. The number of carboxylic acids is 1. The molecule has 2 aromatic rings. The van der Waals surface area contributed by atoms with Crippen molar-refractivity contribution in [3.63, 3.8) is 0 Å². The number of rotatable bonds is 5. The minimum absolute atomic E-state index is 0.237. The summed E-state index contributed by atoms with van der Waals surface area (Å²) in [5.41, 5.74) is 2.27. The average Bonchev–Trinajstić information content (AvgIpc) is 2.49. The molecule has 1 amide bonds. The van der Waals surface area contributed by atoms with Gasteiger partial charge in [0.15, 0.2) is 0 Å². The highest BCUT2D eigenvalue weighted by Crippen LogP contribution is 2.12. The maximum Gasteiger partial charge on any atom is 0.326 e. The van der Waals surface area contributed by atoms with Gasteiger partial charge in [-0.05, 0) is 42.3 Å². The number of carbonyl (C=O) groups excluding carboxylic acids is 1. The van der Waals surface area contributed by atoms with E-state index in [1.807, 2.05) is 31.2 Å². The molecule has 1 atom stereocenters. The van der Waals surface area contributed by atoms with E-state index in [0.717, 1.165) is 11.1 Å². The van der Waals surface area contributed by atoms with Crippen molar-refractivity contribution in [3.05, 3.63) is 70.2 Å². The van der Waals surface area contributed by atoms with Crippen LogP contribution in [0.25, 0.3) is 0 Å². The molecule has 0 aliphatic carbocycles. The number of hydrogen-bond acceptors (Lipinski definition) is 2. The molecular weight excluding hydrogens is 302 g/mol. The number of benzene rings is 2. The van der Waals surface area contributed by atoms with Crippen LogP contribution < -0.4 is 5.32 Å². The van der Waals surface area contributed by atoms with Crippen LogP contribution in [0.15, 0.2) is 48.5 Å². The van der Waals surface area contributed by atoms with Gasteiger partial charge in [-0.1, -0.05) is 35.9 Å². The summed E-state index contributed by atoms with van der Waals surface area (Å²) in [5, 5.41) is 12.4. The number of amides is 1. The number of hydrogen-bond donors (Lipinski definition) is 2. The zero-order valence-electron chi connectivity index (χ0n) is 12.0. The molecule has 0 heterocycles. The molecule has 114 valence electrons. The summed E-state index contributed by atoms with van der Waals surface area (Å²) in [6.07, 6.45) is 0.237. The van der Waals surface area contributed by atoms with Crippen molar-refractivity contribution in [2.75, 3.05) is 0 Å². The van der Waals surface area contributed by atoms with Crippen molar-refractivity contribution in [1.29, 1.82) is 0 Å². The fraction of sp³-hybridized carbons (Fsp3) is 0.176. The lowest BCUT2D eigenvalue weighted by Gasteiger charge is -2.16. The molecule has 0 saturated heterocycles. The van der Waals surface area contributed by atoms with Gasteiger partial charge in [-0.3, -0.25) is 4.79 Å². The molecule has 0 aliphatic heterocycles. The van der Waals surface area contributed by atoms with Crippen LogP contribution in [-0.4, -0.2) is 23.0 Å². The SMILES string of the molecule is Cc1ccccc1C[C@H](NC(=O)c1ccc(Cl)cc1)C(=O)O. The first-order chi connectivity index (χ1) is 10.5. The maximum atomic E-state index is 12.1. The number of aryl methyl sites for hydroxylation is 1. The maximum absolute atomic E-state index is 12.1. The Labute approximate surface area is 133 Å². The molecule has 2 rings (SSSR count). The van der Waals surface area contributed by atoms with E-state index in [0.29, 0.717) is 10.6 Å². The van der Waals surface area contributed by atoms with E-state index in [-0.39, 0.29) is 6.42 Å². The van der Waals surface area contributed by atoms with Crippen LogP contribution >= 0.6 is 11.6 Å². The van der Waals surface area contributed by atoms with E-state index < -0.39 is 17.9 Å². The predicted molar refractivity (Wildman–Crippen MR) is 85.2 cm³/mol. The molecule has 0 saturated carbocycles. The number of nitrogens with one attached hydrogen (secondary N) is 1. The largest absolute Gasteiger partial charge is 0.480 e. The van der Waals surface area contributed by atoms with E-state index in [4.69, 9.17) is 11.6 Å². The Morgan fingerprint density at radius 3 is 2.36 bits per heavy atom. The molecule has 0 aliphatic rings. The van der Waals surface area contributed by atoms with Gasteiger partial charge in [0.25, 0.3) is 5.91 Å². The van der Waals surface area contributed by atoms with Gasteiger partial charge < -0.3 is 10.4 Å². The molecule has 22 heavy (non-hydrogen) atoms. The van der Waals surface area contributed by atoms with Gasteiger partial charge in [0, 0.05) is 17.0 Å². The molecule has 2 N–H and O–H groups in total. The van der Waals surface area contributed by atoms with Crippen molar-refractivity contribution >= 4 is 23.5 Å². The summed E-state index contributed by atoms with van der Waals surface area (Å²) >= 11 is 5.77. The zero-order valence-corrected chi connectivity index (χ0v) is 12.8. The summed E-state index contributed by atoms with van der Waals surface area (Å²) in [6, 6.07) is 12.8. The van der Waals surface area contributed by atoms with Gasteiger partial charge in [0.2, 0.25) is 0 Å². The smallest absolute Gasteiger partial charge is 0.326 e. The molecule has 0 fully saturated rings. The van der Waals surface area contributed by atoms with Crippen LogP contribution in [0.5, 0.6) is 0 Å². The molecule has 2 aromatic carbocycles. The van der Waals surface area contributed by atoms with E-state index in [1.165, 1.54) is 0 Å². The highest BCUT2D eigenvalue weighted by atomic mass is 35.5. The van der Waals surface area contributed by atoms with Gasteiger partial charge in [-0.25, -0.2) is 4.79 Å². The summed E-state index contributed by atoms with van der Waals surface area (Å²) < 4.78 is 0. The van der Waals surface area contributed by atoms with E-state index in [1.54, 1.807) is 24.3 Å². The number of carboxylic acid groups (broad SMARTS) is 1. The first-order valence-corrected chi connectivity index (χ1v) is 7.19. The summed E-state index contributed by atoms with van der Waals surface area (Å²) in [7, 11) is 0. The Balaban J connectivity index is 2.12. The van der Waals surface area contributed by atoms with Crippen molar-refractivity contribution in [2.24, 2.45) is 0 Å². The Morgan fingerprint density at radius 2 is 1.77 bits per heavy atom. The number of halogens is 1. The van der Waals surface area contributed by atoms with Crippen LogP contribution in [0, 0.1) is 6.92 Å². The molecular formula is C17H16ClNO3. The Kier molecular flexibility index (Phi) is 5.17. The lowest BCUT2D eigenvalue weighted by atomic mass is 10.0. The van der Waals surface area contributed by atoms with E-state index >= 15 is 0 Å². The fourth-order valence-corrected chi connectivity index (χ4v) is 2.23. The monoisotopic (exact) mass is 317 g/mol. The van der Waals surface area contributed by atoms with Crippen LogP contribution in [0.2, 0.25) is 5.02 Å². The predicted octanol–water partition coefficient (Wildman–Crippen LogP) is 3.07. The average molecular weight is 318 g/mol. The van der Waals surface area contributed by atoms with Gasteiger partial charge in [-0.2, -0.15) is 0 Å². The van der Waals surface area contributed by atoms with Crippen molar-refractivity contribution < 1.29 is 14.7 Å². The third-order valence-electron chi connectivity index (χ3n) is 3.40. The Bertz CT molecular complexity index is 683. The fourth-order valence-electron chi connectivity index (χ4n) is 2.10. The normalized spacial score (nSPS) is 11.7. The Morgan fingerprint density at radius 1 is 1.14 bits per heavy atom. The highest BCUT2D eigenvalue weighted by Gasteiger charge is 2.21. The van der Waals surface area contributed by atoms with E-state index in [9.17, 15) is 14.7 Å². The second-order valence-electron chi connectivity index (χ2n) is 5.00. The second kappa shape index (κ2) is 7.09. The molecule has 0 aromatic heterocycles. The standard InChI is InChI=1S/C17H16ClNO3/c1-11-4-2-3-5-13(11)10-15(17(21)22)19-16(20)12-6-8-14(18)9-7-12/h2-9,15H,10H2,1H3,(H,19,20)(H,21,22)/t15-/m0/s1. The first kappa shape index (κ1) is 16.0. The van der Waals surface area contributed by atoms with Crippen molar-refractivity contribution in [2.45, 2.75) is 19.4 Å². The van der Waals surface area contributed by atoms with Crippen molar-refractivity contribution in [1.82, 2.24) is 5.32 Å². The molecule has 4 nitrogen and oxygen atoms in total. The van der Waals surface area contributed by atoms with E-state index in [2.05, 4.69) is 5.32 Å². The topological polar surface area (TPSA) is 66.4 Å². The minimum atomic E-state index is -1.06. The quantitative estimate of drug-likeness (QED) is 0.890. The molecule has 0 radical (unpaired) electrons. The second-order valence-corrected chi connectivity index (χ2v) is 5.44. The third-order valence-corrected chi connectivity index (χ3v) is 3.65. The minimum Gasteiger partial charge on any atom is -0.480 e. The zero-order chi connectivity index (χ0) is 16.1. The summed E-state index contributed by atoms with van der Waals surface area (Å²) in [5.74, 6) is -1.50. The molecule has 5 heteroatoms. The van der Waals surface area contributed by atoms with Gasteiger partial charge in [0.05, 0.1) is 0 Å². The Hall–Kier alpha value is -2.33. The van der Waals surface area contributed by atoms with Crippen LogP contribution in [-0.2, 0) is 11.2 Å².